The van der Waals surface area contributed by atoms with Gasteiger partial charge >= 0.3 is 4.96 Å². The summed E-state index contributed by atoms with van der Waals surface area (Å²) in [6.07, 6.45) is 4.18. The van der Waals surface area contributed by atoms with Gasteiger partial charge in [-0.25, -0.2) is 4.57 Å². The first kappa shape index (κ1) is 10.1. The fourth-order valence-electron chi connectivity index (χ4n) is 1.78. The molecule has 80 valence electrons. The number of hydrogen-bond acceptors (Lipinski definition) is 1. The molecule has 4 heteroatoms. The lowest BCUT2D eigenvalue weighted by Gasteiger charge is -1.95. The van der Waals surface area contributed by atoms with E-state index in [4.69, 9.17) is 0 Å². The first-order chi connectivity index (χ1) is 7.75. The number of thiazole rings is 1. The van der Waals surface area contributed by atoms with Crippen molar-refractivity contribution >= 4 is 32.2 Å². The van der Waals surface area contributed by atoms with Gasteiger partial charge in [0.15, 0.2) is 5.69 Å². The van der Waals surface area contributed by atoms with E-state index in [9.17, 15) is 0 Å². The van der Waals surface area contributed by atoms with Crippen LogP contribution in [0.5, 0.6) is 0 Å². The van der Waals surface area contributed by atoms with Crippen molar-refractivity contribution in [2.75, 3.05) is 0 Å². The van der Waals surface area contributed by atoms with Crippen molar-refractivity contribution in [2.45, 2.75) is 0 Å². The van der Waals surface area contributed by atoms with Gasteiger partial charge in [-0.15, -0.1) is 0 Å². The van der Waals surface area contributed by atoms with Crippen molar-refractivity contribution < 1.29 is 4.57 Å². The molecule has 0 aliphatic carbocycles. The molecule has 0 atom stereocenters. The quantitative estimate of drug-likeness (QED) is 0.609. The molecule has 0 bridgehead atoms. The molecule has 1 aromatic carbocycles. The van der Waals surface area contributed by atoms with E-state index in [2.05, 4.69) is 74.0 Å². The van der Waals surface area contributed by atoms with Crippen LogP contribution in [0.3, 0.4) is 0 Å². The number of nitrogens with zero attached hydrogens (tertiary/aromatic N) is 2. The molecule has 0 unspecified atom stereocenters. The van der Waals surface area contributed by atoms with Gasteiger partial charge < -0.3 is 0 Å². The summed E-state index contributed by atoms with van der Waals surface area (Å²) in [5.41, 5.74) is 2.48. The first-order valence-corrected chi connectivity index (χ1v) is 6.63. The molecule has 0 fully saturated rings. The summed E-state index contributed by atoms with van der Waals surface area (Å²) < 4.78 is 5.46. The molecule has 0 N–H and O–H groups in total. The highest BCUT2D eigenvalue weighted by Gasteiger charge is 2.14. The standard InChI is InChI=1S/C12H10BrN2S/c1-14-6-7-15-11(8-16-12(14)15)9-2-4-10(13)5-3-9/h2-8H,1H3/q+1. The molecule has 0 aliphatic heterocycles. The maximum atomic E-state index is 3.45. The zero-order valence-corrected chi connectivity index (χ0v) is 11.1. The second-order valence-corrected chi connectivity index (χ2v) is 5.44. The Hall–Kier alpha value is -1.13. The Morgan fingerprint density at radius 1 is 1.25 bits per heavy atom. The molecule has 0 radical (unpaired) electrons. The van der Waals surface area contributed by atoms with Crippen LogP contribution in [0.1, 0.15) is 0 Å². The van der Waals surface area contributed by atoms with Gasteiger partial charge in [0.1, 0.15) is 12.4 Å². The average Bonchev–Trinajstić information content (AvgIpc) is 2.84. The van der Waals surface area contributed by atoms with Crippen LogP contribution in [0.4, 0.5) is 0 Å². The summed E-state index contributed by atoms with van der Waals surface area (Å²) in [7, 11) is 2.07. The second kappa shape index (κ2) is 3.71. The van der Waals surface area contributed by atoms with E-state index in [1.54, 1.807) is 11.3 Å². The lowest BCUT2D eigenvalue weighted by Crippen LogP contribution is -2.24. The van der Waals surface area contributed by atoms with Gasteiger partial charge in [0.05, 0.1) is 7.05 Å². The molecule has 0 saturated carbocycles. The van der Waals surface area contributed by atoms with Crippen LogP contribution in [0, 0.1) is 0 Å². The molecule has 3 aromatic rings. The highest BCUT2D eigenvalue weighted by atomic mass is 79.9. The summed E-state index contributed by atoms with van der Waals surface area (Å²) in [6, 6.07) is 8.40. The first-order valence-electron chi connectivity index (χ1n) is 4.96. The van der Waals surface area contributed by atoms with Gasteiger partial charge in [-0.3, -0.25) is 0 Å². The van der Waals surface area contributed by atoms with Crippen LogP contribution < -0.4 is 4.57 Å². The summed E-state index contributed by atoms with van der Waals surface area (Å²) in [4.78, 5) is 1.25. The molecule has 0 saturated heterocycles. The lowest BCUT2D eigenvalue weighted by molar-refractivity contribution is -0.642. The van der Waals surface area contributed by atoms with E-state index in [0.717, 1.165) is 4.47 Å². The van der Waals surface area contributed by atoms with Crippen LogP contribution in [0.2, 0.25) is 0 Å². The largest absolute Gasteiger partial charge is 0.345 e. The third kappa shape index (κ3) is 1.49. The normalized spacial score (nSPS) is 11.1. The average molecular weight is 294 g/mol. The van der Waals surface area contributed by atoms with Gasteiger partial charge in [-0.1, -0.05) is 27.3 Å². The van der Waals surface area contributed by atoms with E-state index < -0.39 is 0 Å². The SMILES string of the molecule is C[n+]1ccn2c(-c3ccc(Br)cc3)csc21. The monoisotopic (exact) mass is 293 g/mol. The number of rotatable bonds is 1. The summed E-state index contributed by atoms with van der Waals surface area (Å²) in [6.45, 7) is 0. The predicted molar refractivity (Wildman–Crippen MR) is 69.6 cm³/mol. The Bertz CT molecular complexity index is 637. The zero-order valence-electron chi connectivity index (χ0n) is 8.72. The second-order valence-electron chi connectivity index (χ2n) is 3.69. The van der Waals surface area contributed by atoms with E-state index in [0.29, 0.717) is 0 Å². The fourth-order valence-corrected chi connectivity index (χ4v) is 3.01. The number of benzene rings is 1. The van der Waals surface area contributed by atoms with Gasteiger partial charge in [-0.05, 0) is 24.3 Å². The Morgan fingerprint density at radius 2 is 2.00 bits per heavy atom. The van der Waals surface area contributed by atoms with Crippen molar-refractivity contribution in [3.8, 4) is 11.3 Å². The number of fused-ring (bicyclic) bond motifs is 1. The number of aromatic nitrogens is 2. The van der Waals surface area contributed by atoms with Gasteiger partial charge in [0, 0.05) is 15.4 Å². The Balaban J connectivity index is 2.22. The third-order valence-electron chi connectivity index (χ3n) is 2.62. The van der Waals surface area contributed by atoms with Gasteiger partial charge in [0.2, 0.25) is 0 Å². The van der Waals surface area contributed by atoms with E-state index in [1.807, 2.05) is 0 Å². The third-order valence-corrected chi connectivity index (χ3v) is 4.19. The number of halogens is 1. The summed E-state index contributed by atoms with van der Waals surface area (Å²) in [5.74, 6) is 0. The minimum absolute atomic E-state index is 1.11. The number of hydrogen-bond donors (Lipinski definition) is 0. The Labute approximate surface area is 106 Å². The number of aryl methyl sites for hydroxylation is 1. The lowest BCUT2D eigenvalue weighted by atomic mass is 10.2. The van der Waals surface area contributed by atoms with Crippen LogP contribution in [-0.4, -0.2) is 4.40 Å². The maximum Gasteiger partial charge on any atom is 0.345 e. The molecule has 0 amide bonds. The highest BCUT2D eigenvalue weighted by molar-refractivity contribution is 9.10. The van der Waals surface area contributed by atoms with Crippen LogP contribution >= 0.6 is 27.3 Å². The van der Waals surface area contributed by atoms with E-state index in [-0.39, 0.29) is 0 Å². The van der Waals surface area contributed by atoms with Crippen molar-refractivity contribution in [1.29, 1.82) is 0 Å². The summed E-state index contributed by atoms with van der Waals surface area (Å²) in [5, 5.41) is 2.19. The van der Waals surface area contributed by atoms with Crippen LogP contribution in [0.25, 0.3) is 16.2 Å². The van der Waals surface area contributed by atoms with Crippen molar-refractivity contribution in [3.05, 3.63) is 46.5 Å². The molecule has 0 spiro atoms. The Kier molecular flexibility index (Phi) is 2.33. The molecule has 2 heterocycles. The fraction of sp³-hybridized carbons (Fsp3) is 0.0833. The van der Waals surface area contributed by atoms with Crippen molar-refractivity contribution in [2.24, 2.45) is 7.05 Å². The molecular formula is C12H10BrN2S+. The van der Waals surface area contributed by atoms with E-state index in [1.165, 1.54) is 16.2 Å². The molecule has 2 nitrogen and oxygen atoms in total. The minimum atomic E-state index is 1.11. The smallest absolute Gasteiger partial charge is 0.224 e. The van der Waals surface area contributed by atoms with Crippen LogP contribution in [0.15, 0.2) is 46.5 Å². The highest BCUT2D eigenvalue weighted by Crippen LogP contribution is 2.25. The Morgan fingerprint density at radius 3 is 2.75 bits per heavy atom. The minimum Gasteiger partial charge on any atom is -0.224 e. The molecular weight excluding hydrogens is 284 g/mol. The molecule has 3 rings (SSSR count). The van der Waals surface area contributed by atoms with Crippen molar-refractivity contribution in [3.63, 3.8) is 0 Å². The van der Waals surface area contributed by atoms with Gasteiger partial charge in [0.25, 0.3) is 0 Å². The number of imidazole rings is 1. The van der Waals surface area contributed by atoms with Crippen LogP contribution in [-0.2, 0) is 7.05 Å². The summed E-state index contributed by atoms with van der Waals surface area (Å²) >= 11 is 5.21. The van der Waals surface area contributed by atoms with Crippen molar-refractivity contribution in [1.82, 2.24) is 4.40 Å². The molecule has 0 aliphatic rings. The molecule has 2 aromatic heterocycles. The topological polar surface area (TPSA) is 8.29 Å². The van der Waals surface area contributed by atoms with Gasteiger partial charge in [-0.2, -0.15) is 4.40 Å². The van der Waals surface area contributed by atoms with E-state index >= 15 is 0 Å². The zero-order chi connectivity index (χ0) is 11.1. The maximum absolute atomic E-state index is 3.45. The molecule has 16 heavy (non-hydrogen) atoms. The predicted octanol–water partition coefficient (Wildman–Crippen LogP) is 3.25.